The third kappa shape index (κ3) is 4.61. The van der Waals surface area contributed by atoms with Crippen molar-refractivity contribution < 1.29 is 14.3 Å². The largest absolute Gasteiger partial charge is 0.465 e. The van der Waals surface area contributed by atoms with Crippen molar-refractivity contribution in [1.29, 1.82) is 0 Å². The number of likely N-dealkylation sites (N-methyl/N-ethyl adjacent to an activating group) is 2. The van der Waals surface area contributed by atoms with Crippen molar-refractivity contribution >= 4 is 11.9 Å². The van der Waals surface area contributed by atoms with Gasteiger partial charge in [0.05, 0.1) is 13.2 Å². The molecule has 5 nitrogen and oxygen atoms in total. The van der Waals surface area contributed by atoms with E-state index in [4.69, 9.17) is 4.74 Å². The maximum atomic E-state index is 11.6. The number of esters is 1. The normalized spacial score (nSPS) is 12.4. The van der Waals surface area contributed by atoms with Crippen molar-refractivity contribution in [2.24, 2.45) is 0 Å². The summed E-state index contributed by atoms with van der Waals surface area (Å²) < 4.78 is 4.95. The lowest BCUT2D eigenvalue weighted by molar-refractivity contribution is -0.149. The van der Waals surface area contributed by atoms with E-state index < -0.39 is 0 Å². The zero-order valence-electron chi connectivity index (χ0n) is 10.8. The molecule has 0 aromatic rings. The molecular weight excluding hydrogens is 208 g/mol. The molecule has 0 fully saturated rings. The maximum Gasteiger partial charge on any atom is 0.323 e. The average molecular weight is 230 g/mol. The van der Waals surface area contributed by atoms with Crippen LogP contribution in [0.2, 0.25) is 0 Å². The molecule has 0 rings (SSSR count). The van der Waals surface area contributed by atoms with Crippen molar-refractivity contribution in [1.82, 2.24) is 9.80 Å². The van der Waals surface area contributed by atoms with Crippen LogP contribution in [0.3, 0.4) is 0 Å². The van der Waals surface area contributed by atoms with Gasteiger partial charge >= 0.3 is 5.97 Å². The highest BCUT2D eigenvalue weighted by Gasteiger charge is 2.24. The SMILES string of the molecule is CCOC(=O)C(CC)N(C)CC(=O)N(C)C. The molecule has 0 aromatic heterocycles. The first-order valence-corrected chi connectivity index (χ1v) is 5.51. The molecule has 0 aromatic carbocycles. The van der Waals surface area contributed by atoms with E-state index in [0.29, 0.717) is 13.0 Å². The van der Waals surface area contributed by atoms with E-state index in [1.165, 1.54) is 4.90 Å². The van der Waals surface area contributed by atoms with E-state index in [-0.39, 0.29) is 24.5 Å². The highest BCUT2D eigenvalue weighted by molar-refractivity contribution is 5.80. The van der Waals surface area contributed by atoms with Crippen LogP contribution < -0.4 is 0 Å². The molecule has 1 unspecified atom stereocenters. The van der Waals surface area contributed by atoms with Crippen molar-refractivity contribution in [3.63, 3.8) is 0 Å². The zero-order chi connectivity index (χ0) is 12.7. The van der Waals surface area contributed by atoms with Gasteiger partial charge in [0.2, 0.25) is 5.91 Å². The molecule has 0 saturated heterocycles. The fraction of sp³-hybridized carbons (Fsp3) is 0.818. The van der Waals surface area contributed by atoms with Crippen LogP contribution in [-0.4, -0.2) is 62.0 Å². The molecule has 1 atom stereocenters. The summed E-state index contributed by atoms with van der Waals surface area (Å²) in [4.78, 5) is 26.3. The Hall–Kier alpha value is -1.10. The number of hydrogen-bond acceptors (Lipinski definition) is 4. The second kappa shape index (κ2) is 7.22. The predicted molar refractivity (Wildman–Crippen MR) is 62.0 cm³/mol. The average Bonchev–Trinajstić information content (AvgIpc) is 2.18. The second-order valence-electron chi connectivity index (χ2n) is 3.88. The Balaban J connectivity index is 4.36. The number of rotatable bonds is 6. The molecule has 5 heteroatoms. The summed E-state index contributed by atoms with van der Waals surface area (Å²) in [5.41, 5.74) is 0. The topological polar surface area (TPSA) is 49.9 Å². The van der Waals surface area contributed by atoms with Gasteiger partial charge in [0.1, 0.15) is 6.04 Å². The van der Waals surface area contributed by atoms with Gasteiger partial charge in [-0.1, -0.05) is 6.92 Å². The molecule has 0 aliphatic rings. The van der Waals surface area contributed by atoms with Crippen molar-refractivity contribution in [3.05, 3.63) is 0 Å². The number of amides is 1. The van der Waals surface area contributed by atoms with Gasteiger partial charge < -0.3 is 9.64 Å². The first kappa shape index (κ1) is 14.9. The smallest absolute Gasteiger partial charge is 0.323 e. The van der Waals surface area contributed by atoms with Crippen LogP contribution in [-0.2, 0) is 14.3 Å². The highest BCUT2D eigenvalue weighted by Crippen LogP contribution is 2.04. The fourth-order valence-corrected chi connectivity index (χ4v) is 1.36. The van der Waals surface area contributed by atoms with Crippen LogP contribution in [0.15, 0.2) is 0 Å². The summed E-state index contributed by atoms with van der Waals surface area (Å²) in [5, 5.41) is 0. The molecule has 1 amide bonds. The summed E-state index contributed by atoms with van der Waals surface area (Å²) in [6.45, 7) is 4.27. The molecule has 94 valence electrons. The molecule has 0 aliphatic heterocycles. The Kier molecular flexibility index (Phi) is 6.72. The van der Waals surface area contributed by atoms with E-state index in [0.717, 1.165) is 0 Å². The van der Waals surface area contributed by atoms with E-state index >= 15 is 0 Å². The van der Waals surface area contributed by atoms with E-state index in [1.54, 1.807) is 33.0 Å². The van der Waals surface area contributed by atoms with Crippen LogP contribution in [0.4, 0.5) is 0 Å². The number of ether oxygens (including phenoxy) is 1. The van der Waals surface area contributed by atoms with Gasteiger partial charge in [-0.25, -0.2) is 0 Å². The number of carbonyl (C=O) groups is 2. The summed E-state index contributed by atoms with van der Waals surface area (Å²) in [6.07, 6.45) is 0.635. The molecule has 0 saturated carbocycles. The molecule has 0 bridgehead atoms. The summed E-state index contributed by atoms with van der Waals surface area (Å²) in [7, 11) is 5.15. The zero-order valence-corrected chi connectivity index (χ0v) is 10.8. The number of hydrogen-bond donors (Lipinski definition) is 0. The van der Waals surface area contributed by atoms with Gasteiger partial charge in [-0.3, -0.25) is 14.5 Å². The minimum Gasteiger partial charge on any atom is -0.465 e. The first-order chi connectivity index (χ1) is 7.43. The number of carbonyl (C=O) groups excluding carboxylic acids is 2. The van der Waals surface area contributed by atoms with Crippen LogP contribution in [0.25, 0.3) is 0 Å². The Labute approximate surface area is 97.3 Å². The van der Waals surface area contributed by atoms with E-state index in [1.807, 2.05) is 6.92 Å². The Morgan fingerprint density at radius 1 is 1.19 bits per heavy atom. The summed E-state index contributed by atoms with van der Waals surface area (Å²) in [5.74, 6) is -0.288. The van der Waals surface area contributed by atoms with Gasteiger partial charge in [-0.05, 0) is 20.4 Å². The molecule has 0 radical (unpaired) electrons. The minimum absolute atomic E-state index is 0.0229. The maximum absolute atomic E-state index is 11.6. The van der Waals surface area contributed by atoms with Crippen molar-refractivity contribution in [2.45, 2.75) is 26.3 Å². The van der Waals surface area contributed by atoms with Gasteiger partial charge in [0.15, 0.2) is 0 Å². The Bertz CT molecular complexity index is 241. The van der Waals surface area contributed by atoms with Crippen LogP contribution in [0.5, 0.6) is 0 Å². The van der Waals surface area contributed by atoms with Gasteiger partial charge in [0.25, 0.3) is 0 Å². The molecule has 0 heterocycles. The fourth-order valence-electron chi connectivity index (χ4n) is 1.36. The Morgan fingerprint density at radius 3 is 2.12 bits per heavy atom. The molecule has 16 heavy (non-hydrogen) atoms. The third-order valence-electron chi connectivity index (χ3n) is 2.36. The second-order valence-corrected chi connectivity index (χ2v) is 3.88. The molecule has 0 N–H and O–H groups in total. The quantitative estimate of drug-likeness (QED) is 0.618. The van der Waals surface area contributed by atoms with E-state index in [9.17, 15) is 9.59 Å². The van der Waals surface area contributed by atoms with E-state index in [2.05, 4.69) is 0 Å². The van der Waals surface area contributed by atoms with Gasteiger partial charge in [-0.15, -0.1) is 0 Å². The lowest BCUT2D eigenvalue weighted by atomic mass is 10.2. The molecule has 0 spiro atoms. The third-order valence-corrected chi connectivity index (χ3v) is 2.36. The lowest BCUT2D eigenvalue weighted by Gasteiger charge is -2.25. The van der Waals surface area contributed by atoms with Crippen LogP contribution in [0.1, 0.15) is 20.3 Å². The predicted octanol–water partition coefficient (Wildman–Crippen LogP) is 0.348. The summed E-state index contributed by atoms with van der Waals surface area (Å²) >= 11 is 0. The monoisotopic (exact) mass is 230 g/mol. The number of nitrogens with zero attached hydrogens (tertiary/aromatic N) is 2. The highest BCUT2D eigenvalue weighted by atomic mass is 16.5. The first-order valence-electron chi connectivity index (χ1n) is 5.51. The van der Waals surface area contributed by atoms with Gasteiger partial charge in [-0.2, -0.15) is 0 Å². The lowest BCUT2D eigenvalue weighted by Crippen LogP contribution is -2.44. The van der Waals surface area contributed by atoms with Crippen LogP contribution >= 0.6 is 0 Å². The van der Waals surface area contributed by atoms with Crippen LogP contribution in [0, 0.1) is 0 Å². The van der Waals surface area contributed by atoms with Crippen molar-refractivity contribution in [3.8, 4) is 0 Å². The summed E-state index contributed by atoms with van der Waals surface area (Å²) in [6, 6.07) is -0.344. The molecular formula is C11H22N2O3. The minimum atomic E-state index is -0.344. The standard InChI is InChI=1S/C11H22N2O3/c1-6-9(11(15)16-7-2)13(5)8-10(14)12(3)4/h9H,6-8H2,1-5H3. The Morgan fingerprint density at radius 2 is 1.75 bits per heavy atom. The van der Waals surface area contributed by atoms with Gasteiger partial charge in [0, 0.05) is 14.1 Å². The van der Waals surface area contributed by atoms with Crippen molar-refractivity contribution in [2.75, 3.05) is 34.3 Å². The molecule has 0 aliphatic carbocycles.